The molecule has 2 saturated carbocycles. The molecule has 2 atom stereocenters. The molecule has 1 aromatic heterocycles. The molecule has 0 saturated heterocycles. The van der Waals surface area contributed by atoms with E-state index in [9.17, 15) is 0 Å². The zero-order chi connectivity index (χ0) is 14.8. The molecule has 5 heteroatoms. The summed E-state index contributed by atoms with van der Waals surface area (Å²) in [6.07, 6.45) is 7.84. The fraction of sp³-hybridized carbons (Fsp3) is 0.750. The molecule has 2 aliphatic carbocycles. The van der Waals surface area contributed by atoms with E-state index in [1.807, 2.05) is 6.92 Å². The molecule has 2 aliphatic rings. The number of anilines is 2. The van der Waals surface area contributed by atoms with Crippen LogP contribution in [0.5, 0.6) is 0 Å². The van der Waals surface area contributed by atoms with Crippen molar-refractivity contribution in [3.05, 3.63) is 11.4 Å². The fourth-order valence-corrected chi connectivity index (χ4v) is 3.29. The van der Waals surface area contributed by atoms with E-state index in [4.69, 9.17) is 10.8 Å². The molecule has 2 fully saturated rings. The maximum Gasteiger partial charge on any atom is 0.148 e. The van der Waals surface area contributed by atoms with Crippen LogP contribution in [0.15, 0.2) is 0 Å². The Morgan fingerprint density at radius 3 is 2.48 bits per heavy atom. The Morgan fingerprint density at radius 2 is 1.81 bits per heavy atom. The first-order chi connectivity index (χ1) is 10.2. The van der Waals surface area contributed by atoms with Crippen molar-refractivity contribution in [1.82, 2.24) is 9.97 Å². The third-order valence-electron chi connectivity index (χ3n) is 5.06. The molecule has 21 heavy (non-hydrogen) atoms. The lowest BCUT2D eigenvalue weighted by Gasteiger charge is -2.29. The summed E-state index contributed by atoms with van der Waals surface area (Å²) in [5.41, 5.74) is 3.73. The third-order valence-corrected chi connectivity index (χ3v) is 5.06. The molecule has 3 rings (SSSR count). The van der Waals surface area contributed by atoms with Crippen molar-refractivity contribution in [2.75, 3.05) is 17.3 Å². The number of rotatable bonds is 5. The first kappa shape index (κ1) is 14.6. The Bertz CT molecular complexity index is 498. The summed E-state index contributed by atoms with van der Waals surface area (Å²) >= 11 is 0. The topological polar surface area (TPSA) is 75.9 Å². The number of hydrazine groups is 1. The van der Waals surface area contributed by atoms with Crippen LogP contribution < -0.4 is 16.6 Å². The van der Waals surface area contributed by atoms with E-state index in [0.717, 1.165) is 41.4 Å². The van der Waals surface area contributed by atoms with Crippen molar-refractivity contribution in [3.63, 3.8) is 0 Å². The van der Waals surface area contributed by atoms with Gasteiger partial charge >= 0.3 is 0 Å². The monoisotopic (exact) mass is 289 g/mol. The van der Waals surface area contributed by atoms with Gasteiger partial charge in [0.2, 0.25) is 0 Å². The largest absolute Gasteiger partial charge is 0.369 e. The minimum Gasteiger partial charge on any atom is -0.369 e. The SMILES string of the molecule is Cc1c(NN)nc(C2CC2)nc1NCC1CCCCC1C. The maximum absolute atomic E-state index is 5.60. The molecule has 5 nitrogen and oxygen atoms in total. The molecule has 0 amide bonds. The van der Waals surface area contributed by atoms with Crippen LogP contribution in [0.2, 0.25) is 0 Å². The fourth-order valence-electron chi connectivity index (χ4n) is 3.29. The van der Waals surface area contributed by atoms with Crippen LogP contribution in [0.3, 0.4) is 0 Å². The predicted molar refractivity (Wildman–Crippen MR) is 86.2 cm³/mol. The highest BCUT2D eigenvalue weighted by Crippen LogP contribution is 2.39. The van der Waals surface area contributed by atoms with E-state index in [2.05, 4.69) is 22.7 Å². The predicted octanol–water partition coefficient (Wildman–Crippen LogP) is 3.19. The number of aromatic nitrogens is 2. The molecule has 116 valence electrons. The van der Waals surface area contributed by atoms with Gasteiger partial charge in [-0.05, 0) is 38.0 Å². The van der Waals surface area contributed by atoms with E-state index in [1.54, 1.807) is 0 Å². The average Bonchev–Trinajstić information content (AvgIpc) is 3.32. The molecule has 0 radical (unpaired) electrons. The Labute approximate surface area is 127 Å². The average molecular weight is 289 g/mol. The lowest BCUT2D eigenvalue weighted by Crippen LogP contribution is -2.25. The van der Waals surface area contributed by atoms with Gasteiger partial charge in [0.25, 0.3) is 0 Å². The van der Waals surface area contributed by atoms with Gasteiger partial charge in [-0.3, -0.25) is 0 Å². The summed E-state index contributed by atoms with van der Waals surface area (Å²) in [6, 6.07) is 0. The second-order valence-electron chi connectivity index (χ2n) is 6.73. The van der Waals surface area contributed by atoms with Crippen molar-refractivity contribution in [3.8, 4) is 0 Å². The van der Waals surface area contributed by atoms with Gasteiger partial charge < -0.3 is 10.7 Å². The van der Waals surface area contributed by atoms with Crippen LogP contribution in [-0.4, -0.2) is 16.5 Å². The van der Waals surface area contributed by atoms with Crippen molar-refractivity contribution < 1.29 is 0 Å². The number of nitrogen functional groups attached to an aromatic ring is 1. The zero-order valence-electron chi connectivity index (χ0n) is 13.2. The zero-order valence-corrected chi connectivity index (χ0v) is 13.2. The van der Waals surface area contributed by atoms with Gasteiger partial charge in [-0.2, -0.15) is 0 Å². The van der Waals surface area contributed by atoms with E-state index >= 15 is 0 Å². The number of nitrogens with one attached hydrogen (secondary N) is 2. The Kier molecular flexibility index (Phi) is 4.29. The summed E-state index contributed by atoms with van der Waals surface area (Å²) < 4.78 is 0. The molecule has 0 aromatic carbocycles. The quantitative estimate of drug-likeness (QED) is 0.573. The van der Waals surface area contributed by atoms with Gasteiger partial charge in [0.15, 0.2) is 0 Å². The summed E-state index contributed by atoms with van der Waals surface area (Å²) in [5, 5.41) is 3.56. The summed E-state index contributed by atoms with van der Waals surface area (Å²) in [7, 11) is 0. The van der Waals surface area contributed by atoms with Crippen LogP contribution >= 0.6 is 0 Å². The van der Waals surface area contributed by atoms with Crippen LogP contribution in [0.25, 0.3) is 0 Å². The van der Waals surface area contributed by atoms with Crippen LogP contribution in [0.1, 0.15) is 62.8 Å². The standard InChI is InChI=1S/C16H27N5/c1-10-5-3-4-6-13(10)9-18-14-11(2)15(21-17)20-16(19-14)12-7-8-12/h10,12-13H,3-9,17H2,1-2H3,(H2,18,19,20,21). The third kappa shape index (κ3) is 3.28. The van der Waals surface area contributed by atoms with Crippen LogP contribution in [0.4, 0.5) is 11.6 Å². The molecular weight excluding hydrogens is 262 g/mol. The highest BCUT2D eigenvalue weighted by atomic mass is 15.3. The number of hydrogen-bond acceptors (Lipinski definition) is 5. The van der Waals surface area contributed by atoms with E-state index in [0.29, 0.717) is 5.92 Å². The Balaban J connectivity index is 1.72. The number of nitrogens with two attached hydrogens (primary N) is 1. The minimum atomic E-state index is 0.534. The second kappa shape index (κ2) is 6.18. The van der Waals surface area contributed by atoms with Gasteiger partial charge in [-0.1, -0.05) is 26.2 Å². The second-order valence-corrected chi connectivity index (χ2v) is 6.73. The minimum absolute atomic E-state index is 0.534. The maximum atomic E-state index is 5.60. The highest BCUT2D eigenvalue weighted by Gasteiger charge is 2.28. The molecule has 2 unspecified atom stereocenters. The van der Waals surface area contributed by atoms with E-state index in [-0.39, 0.29) is 0 Å². The van der Waals surface area contributed by atoms with Crippen LogP contribution in [0, 0.1) is 18.8 Å². The smallest absolute Gasteiger partial charge is 0.148 e. The van der Waals surface area contributed by atoms with Crippen molar-refractivity contribution in [2.45, 2.75) is 58.3 Å². The van der Waals surface area contributed by atoms with Crippen LogP contribution in [-0.2, 0) is 0 Å². The molecule has 0 bridgehead atoms. The highest BCUT2D eigenvalue weighted by molar-refractivity contribution is 5.57. The summed E-state index contributed by atoms with van der Waals surface area (Å²) in [5.74, 6) is 10.4. The molecule has 0 spiro atoms. The lowest BCUT2D eigenvalue weighted by molar-refractivity contribution is 0.268. The first-order valence-corrected chi connectivity index (χ1v) is 8.28. The molecule has 0 aliphatic heterocycles. The Hall–Kier alpha value is -1.36. The van der Waals surface area contributed by atoms with Gasteiger partial charge in [0.1, 0.15) is 17.5 Å². The normalized spacial score (nSPS) is 25.7. The van der Waals surface area contributed by atoms with Gasteiger partial charge in [0.05, 0.1) is 0 Å². The molecule has 1 heterocycles. The van der Waals surface area contributed by atoms with Gasteiger partial charge in [-0.15, -0.1) is 0 Å². The summed E-state index contributed by atoms with van der Waals surface area (Å²) in [6.45, 7) is 5.41. The molecule has 1 aromatic rings. The summed E-state index contributed by atoms with van der Waals surface area (Å²) in [4.78, 5) is 9.27. The Morgan fingerprint density at radius 1 is 1.10 bits per heavy atom. The van der Waals surface area contributed by atoms with Crippen molar-refractivity contribution in [2.24, 2.45) is 17.7 Å². The molecular formula is C16H27N5. The van der Waals surface area contributed by atoms with E-state index in [1.165, 1.54) is 38.5 Å². The van der Waals surface area contributed by atoms with Crippen molar-refractivity contribution >= 4 is 11.6 Å². The molecule has 4 N–H and O–H groups in total. The first-order valence-electron chi connectivity index (χ1n) is 8.28. The van der Waals surface area contributed by atoms with Gasteiger partial charge in [-0.25, -0.2) is 15.8 Å². The van der Waals surface area contributed by atoms with Gasteiger partial charge in [0, 0.05) is 18.0 Å². The van der Waals surface area contributed by atoms with E-state index < -0.39 is 0 Å². The lowest BCUT2D eigenvalue weighted by atomic mass is 9.80. The number of hydrogen-bond donors (Lipinski definition) is 3. The number of nitrogens with zero attached hydrogens (tertiary/aromatic N) is 2. The van der Waals surface area contributed by atoms with Crippen molar-refractivity contribution in [1.29, 1.82) is 0 Å².